The van der Waals surface area contributed by atoms with Crippen LogP contribution < -0.4 is 0 Å². The summed E-state index contributed by atoms with van der Waals surface area (Å²) >= 11 is 1.70. The van der Waals surface area contributed by atoms with E-state index in [0.717, 1.165) is 31.4 Å². The largest absolute Gasteiger partial charge is 0.391 e. The average Bonchev–Trinajstić information content (AvgIpc) is 2.48. The standard InChI is InChI=1S/C16H23NO2S/c1-17(14-9-5-6-10-15(14)18)16(19)11-12-20-13-7-3-2-4-8-13/h2-4,7-8,14-15,18H,5-6,9-12H2,1H3. The third kappa shape index (κ3) is 4.25. The number of rotatable bonds is 5. The summed E-state index contributed by atoms with van der Waals surface area (Å²) < 4.78 is 0. The van der Waals surface area contributed by atoms with Gasteiger partial charge in [0, 0.05) is 24.1 Å². The lowest BCUT2D eigenvalue weighted by molar-refractivity contribution is -0.134. The summed E-state index contributed by atoms with van der Waals surface area (Å²) in [6, 6.07) is 10.1. The highest BCUT2D eigenvalue weighted by atomic mass is 32.2. The second-order valence-electron chi connectivity index (χ2n) is 5.34. The highest BCUT2D eigenvalue weighted by Gasteiger charge is 2.28. The normalized spacial score (nSPS) is 22.5. The van der Waals surface area contributed by atoms with E-state index in [-0.39, 0.29) is 18.1 Å². The van der Waals surface area contributed by atoms with E-state index in [4.69, 9.17) is 0 Å². The van der Waals surface area contributed by atoms with Gasteiger partial charge < -0.3 is 10.0 Å². The van der Waals surface area contributed by atoms with Gasteiger partial charge in [0.25, 0.3) is 0 Å². The van der Waals surface area contributed by atoms with Crippen LogP contribution in [0.15, 0.2) is 35.2 Å². The molecule has 2 atom stereocenters. The van der Waals surface area contributed by atoms with Crippen LogP contribution in [0.25, 0.3) is 0 Å². The molecule has 0 spiro atoms. The molecule has 0 radical (unpaired) electrons. The Balaban J connectivity index is 1.76. The molecular formula is C16H23NO2S. The topological polar surface area (TPSA) is 40.5 Å². The molecule has 1 aliphatic carbocycles. The van der Waals surface area contributed by atoms with Crippen LogP contribution in [0.1, 0.15) is 32.1 Å². The molecule has 0 aliphatic heterocycles. The second kappa shape index (κ2) is 7.70. The molecule has 0 aromatic heterocycles. The molecule has 1 amide bonds. The van der Waals surface area contributed by atoms with Crippen LogP contribution in [0.3, 0.4) is 0 Å². The average molecular weight is 293 g/mol. The molecule has 1 N–H and O–H groups in total. The molecule has 4 heteroatoms. The molecule has 20 heavy (non-hydrogen) atoms. The summed E-state index contributed by atoms with van der Waals surface area (Å²) in [6.07, 6.45) is 4.11. The van der Waals surface area contributed by atoms with Crippen molar-refractivity contribution in [2.75, 3.05) is 12.8 Å². The molecule has 2 rings (SSSR count). The molecule has 110 valence electrons. The summed E-state index contributed by atoms with van der Waals surface area (Å²) in [5.74, 6) is 0.926. The van der Waals surface area contributed by atoms with E-state index in [2.05, 4.69) is 12.1 Å². The van der Waals surface area contributed by atoms with E-state index in [0.29, 0.717) is 6.42 Å². The molecule has 1 fully saturated rings. The highest BCUT2D eigenvalue weighted by Crippen LogP contribution is 2.24. The molecule has 0 heterocycles. The molecule has 1 aromatic carbocycles. The third-order valence-electron chi connectivity index (χ3n) is 3.91. The molecule has 1 saturated carbocycles. The predicted molar refractivity (Wildman–Crippen MR) is 82.8 cm³/mol. The predicted octanol–water partition coefficient (Wildman–Crippen LogP) is 2.93. The van der Waals surface area contributed by atoms with Crippen LogP contribution in [0.2, 0.25) is 0 Å². The number of hydrogen-bond acceptors (Lipinski definition) is 3. The quantitative estimate of drug-likeness (QED) is 0.849. The zero-order valence-electron chi connectivity index (χ0n) is 12.0. The summed E-state index contributed by atoms with van der Waals surface area (Å²) in [7, 11) is 1.83. The Bertz CT molecular complexity index is 424. The highest BCUT2D eigenvalue weighted by molar-refractivity contribution is 7.99. The number of aliphatic hydroxyl groups is 1. The molecule has 0 saturated heterocycles. The maximum absolute atomic E-state index is 12.2. The van der Waals surface area contributed by atoms with Gasteiger partial charge in [-0.1, -0.05) is 31.0 Å². The Morgan fingerprint density at radius 2 is 2.00 bits per heavy atom. The SMILES string of the molecule is CN(C(=O)CCSc1ccccc1)C1CCCCC1O. The van der Waals surface area contributed by atoms with Crippen LogP contribution in [0.4, 0.5) is 0 Å². The van der Waals surface area contributed by atoms with E-state index in [1.54, 1.807) is 16.7 Å². The Labute approximate surface area is 125 Å². The molecule has 2 unspecified atom stereocenters. The van der Waals surface area contributed by atoms with Crippen LogP contribution in [-0.2, 0) is 4.79 Å². The third-order valence-corrected chi connectivity index (χ3v) is 4.93. The van der Waals surface area contributed by atoms with Crippen molar-refractivity contribution in [3.8, 4) is 0 Å². The van der Waals surface area contributed by atoms with E-state index >= 15 is 0 Å². The Hall–Kier alpha value is -1.00. The minimum absolute atomic E-state index is 0.0120. The van der Waals surface area contributed by atoms with Crippen LogP contribution >= 0.6 is 11.8 Å². The number of benzene rings is 1. The van der Waals surface area contributed by atoms with Crippen molar-refractivity contribution in [1.29, 1.82) is 0 Å². The monoisotopic (exact) mass is 293 g/mol. The van der Waals surface area contributed by atoms with Crippen molar-refractivity contribution >= 4 is 17.7 Å². The van der Waals surface area contributed by atoms with Gasteiger partial charge in [0.15, 0.2) is 0 Å². The van der Waals surface area contributed by atoms with Crippen molar-refractivity contribution in [1.82, 2.24) is 4.90 Å². The van der Waals surface area contributed by atoms with Gasteiger partial charge in [-0.3, -0.25) is 4.79 Å². The number of nitrogens with zero attached hydrogens (tertiary/aromatic N) is 1. The van der Waals surface area contributed by atoms with Gasteiger partial charge in [0.1, 0.15) is 0 Å². The number of likely N-dealkylation sites (N-methyl/N-ethyl adjacent to an activating group) is 1. The molecule has 1 aliphatic rings. The number of amides is 1. The maximum atomic E-state index is 12.2. The van der Waals surface area contributed by atoms with Gasteiger partial charge in [-0.2, -0.15) is 0 Å². The fraction of sp³-hybridized carbons (Fsp3) is 0.562. The minimum Gasteiger partial charge on any atom is -0.391 e. The van der Waals surface area contributed by atoms with Crippen LogP contribution in [0, 0.1) is 0 Å². The van der Waals surface area contributed by atoms with Crippen molar-refractivity contribution < 1.29 is 9.90 Å². The summed E-state index contributed by atoms with van der Waals surface area (Å²) in [4.78, 5) is 15.1. The van der Waals surface area contributed by atoms with Crippen molar-refractivity contribution in [3.63, 3.8) is 0 Å². The summed E-state index contributed by atoms with van der Waals surface area (Å²) in [5.41, 5.74) is 0. The van der Waals surface area contributed by atoms with Gasteiger partial charge in [-0.25, -0.2) is 0 Å². The first-order chi connectivity index (χ1) is 9.68. The van der Waals surface area contributed by atoms with E-state index in [1.807, 2.05) is 25.2 Å². The van der Waals surface area contributed by atoms with Crippen molar-refractivity contribution in [3.05, 3.63) is 30.3 Å². The summed E-state index contributed by atoms with van der Waals surface area (Å²) in [6.45, 7) is 0. The second-order valence-corrected chi connectivity index (χ2v) is 6.50. The fourth-order valence-electron chi connectivity index (χ4n) is 2.68. The number of thioether (sulfide) groups is 1. The van der Waals surface area contributed by atoms with Crippen molar-refractivity contribution in [2.24, 2.45) is 0 Å². The Morgan fingerprint density at radius 3 is 2.70 bits per heavy atom. The minimum atomic E-state index is -0.348. The van der Waals surface area contributed by atoms with Gasteiger partial charge >= 0.3 is 0 Å². The van der Waals surface area contributed by atoms with Crippen molar-refractivity contribution in [2.45, 2.75) is 49.1 Å². The van der Waals surface area contributed by atoms with Gasteiger partial charge in [0.2, 0.25) is 5.91 Å². The lowest BCUT2D eigenvalue weighted by atomic mass is 9.91. The number of carbonyl (C=O) groups excluding carboxylic acids is 1. The van der Waals surface area contributed by atoms with E-state index in [1.165, 1.54) is 4.90 Å². The molecule has 3 nitrogen and oxygen atoms in total. The molecular weight excluding hydrogens is 270 g/mol. The lowest BCUT2D eigenvalue weighted by Crippen LogP contribution is -2.46. The lowest BCUT2D eigenvalue weighted by Gasteiger charge is -2.35. The Morgan fingerprint density at radius 1 is 1.30 bits per heavy atom. The number of aliphatic hydroxyl groups excluding tert-OH is 1. The smallest absolute Gasteiger partial charge is 0.223 e. The van der Waals surface area contributed by atoms with Gasteiger partial charge in [0.05, 0.1) is 12.1 Å². The molecule has 0 bridgehead atoms. The summed E-state index contributed by atoms with van der Waals surface area (Å²) in [5, 5.41) is 9.99. The first-order valence-electron chi connectivity index (χ1n) is 7.30. The zero-order chi connectivity index (χ0) is 14.4. The first-order valence-corrected chi connectivity index (χ1v) is 8.28. The van der Waals surface area contributed by atoms with E-state index < -0.39 is 0 Å². The van der Waals surface area contributed by atoms with Gasteiger partial charge in [-0.05, 0) is 25.0 Å². The Kier molecular flexibility index (Phi) is 5.92. The molecule has 1 aromatic rings. The first kappa shape index (κ1) is 15.4. The fourth-order valence-corrected chi connectivity index (χ4v) is 3.54. The maximum Gasteiger partial charge on any atom is 0.223 e. The van der Waals surface area contributed by atoms with Gasteiger partial charge in [-0.15, -0.1) is 11.8 Å². The van der Waals surface area contributed by atoms with E-state index in [9.17, 15) is 9.90 Å². The van der Waals surface area contributed by atoms with Crippen LogP contribution in [-0.4, -0.2) is 40.9 Å². The number of carbonyl (C=O) groups is 1. The van der Waals surface area contributed by atoms with Crippen LogP contribution in [0.5, 0.6) is 0 Å². The zero-order valence-corrected chi connectivity index (χ0v) is 12.8. The number of hydrogen-bond donors (Lipinski definition) is 1.